The normalized spacial score (nSPS) is 35.6. The van der Waals surface area contributed by atoms with Crippen molar-refractivity contribution in [3.05, 3.63) is 30.1 Å². The average molecular weight is 319 g/mol. The van der Waals surface area contributed by atoms with Gasteiger partial charge in [-0.2, -0.15) is 0 Å². The second-order valence-electron chi connectivity index (χ2n) is 7.78. The molecule has 4 bridgehead atoms. The number of aromatic nitrogens is 1. The lowest BCUT2D eigenvalue weighted by Crippen LogP contribution is -2.52. The number of nitrogens with zero attached hydrogens (tertiary/aromatic N) is 2. The molecule has 4 saturated carbocycles. The number of carbonyl (C=O) groups is 1. The van der Waals surface area contributed by atoms with Gasteiger partial charge in [0, 0.05) is 18.9 Å². The van der Waals surface area contributed by atoms with Gasteiger partial charge in [-0.25, -0.2) is 0 Å². The van der Waals surface area contributed by atoms with Crippen molar-refractivity contribution in [2.24, 2.45) is 23.2 Å². The molecule has 4 aliphatic carbocycles. The number of hydrogen-bond acceptors (Lipinski definition) is 2. The van der Waals surface area contributed by atoms with Crippen molar-refractivity contribution in [2.45, 2.75) is 38.5 Å². The molecule has 1 aromatic rings. The van der Waals surface area contributed by atoms with Gasteiger partial charge in [0.25, 0.3) is 5.91 Å². The van der Waals surface area contributed by atoms with Crippen LogP contribution in [0.15, 0.2) is 24.5 Å². The van der Waals surface area contributed by atoms with Gasteiger partial charge in [-0.1, -0.05) is 0 Å². The van der Waals surface area contributed by atoms with Crippen LogP contribution in [0.25, 0.3) is 0 Å². The second kappa shape index (κ2) is 5.52. The predicted molar refractivity (Wildman–Crippen MR) is 86.6 cm³/mol. The lowest BCUT2D eigenvalue weighted by atomic mass is 9.49. The highest BCUT2D eigenvalue weighted by atomic mass is 35.5. The number of rotatable bonds is 4. The highest BCUT2D eigenvalue weighted by Gasteiger charge is 2.51. The minimum Gasteiger partial charge on any atom is -0.324 e. The topological polar surface area (TPSA) is 33.2 Å². The molecule has 1 heterocycles. The first-order valence-corrected chi connectivity index (χ1v) is 8.96. The summed E-state index contributed by atoms with van der Waals surface area (Å²) in [5, 5.41) is 0. The molecule has 0 atom stereocenters. The molecule has 1 aromatic heterocycles. The summed E-state index contributed by atoms with van der Waals surface area (Å²) in [5.74, 6) is 2.73. The Balaban J connectivity index is 1.52. The highest BCUT2D eigenvalue weighted by Crippen LogP contribution is 2.60. The molecule has 0 aliphatic heterocycles. The molecule has 4 fully saturated rings. The number of amides is 1. The van der Waals surface area contributed by atoms with Crippen LogP contribution in [0.5, 0.6) is 0 Å². The van der Waals surface area contributed by atoms with Crippen molar-refractivity contribution < 1.29 is 4.79 Å². The molecule has 22 heavy (non-hydrogen) atoms. The number of pyridine rings is 1. The van der Waals surface area contributed by atoms with E-state index in [4.69, 9.17) is 11.6 Å². The van der Waals surface area contributed by atoms with E-state index < -0.39 is 0 Å². The van der Waals surface area contributed by atoms with Crippen LogP contribution < -0.4 is 0 Å². The Morgan fingerprint density at radius 3 is 2.36 bits per heavy atom. The molecule has 0 spiro atoms. The average Bonchev–Trinajstić information content (AvgIpc) is 2.51. The Labute approximate surface area is 137 Å². The van der Waals surface area contributed by atoms with Gasteiger partial charge in [0.05, 0.1) is 11.6 Å². The largest absolute Gasteiger partial charge is 0.324 e. The Morgan fingerprint density at radius 1 is 1.23 bits per heavy atom. The van der Waals surface area contributed by atoms with Crippen LogP contribution in [0.4, 0.5) is 0 Å². The first kappa shape index (κ1) is 14.5. The minimum absolute atomic E-state index is 0.0267. The van der Waals surface area contributed by atoms with Crippen LogP contribution in [0.3, 0.4) is 0 Å². The Hall–Kier alpha value is -1.09. The molecule has 3 nitrogen and oxygen atoms in total. The van der Waals surface area contributed by atoms with E-state index >= 15 is 0 Å². The summed E-state index contributed by atoms with van der Waals surface area (Å²) in [6.07, 6.45) is 11.5. The summed E-state index contributed by atoms with van der Waals surface area (Å²) in [7, 11) is 0. The smallest absolute Gasteiger partial charge is 0.256 e. The molecule has 4 heteroatoms. The van der Waals surface area contributed by atoms with E-state index in [-0.39, 0.29) is 11.9 Å². The van der Waals surface area contributed by atoms with Crippen molar-refractivity contribution in [3.63, 3.8) is 0 Å². The van der Waals surface area contributed by atoms with Crippen LogP contribution >= 0.6 is 11.6 Å². The van der Waals surface area contributed by atoms with Crippen molar-refractivity contribution >= 4 is 17.5 Å². The zero-order chi connectivity index (χ0) is 15.2. The third-order valence-electron chi connectivity index (χ3n) is 6.03. The number of hydrogen-bond donors (Lipinski definition) is 0. The Kier molecular flexibility index (Phi) is 3.64. The molecule has 0 saturated heterocycles. The lowest BCUT2D eigenvalue weighted by molar-refractivity contribution is -0.0636. The van der Waals surface area contributed by atoms with E-state index in [2.05, 4.69) is 4.98 Å². The summed E-state index contributed by atoms with van der Waals surface area (Å²) in [6, 6.07) is 3.91. The number of halogens is 1. The molecule has 0 aromatic carbocycles. The minimum atomic E-state index is 0.0267. The third-order valence-corrected chi connectivity index (χ3v) is 6.32. The molecule has 118 valence electrons. The molecule has 1 amide bonds. The molecular weight excluding hydrogens is 296 g/mol. The molecular formula is C18H23ClN2O. The first-order valence-electron chi connectivity index (χ1n) is 8.43. The zero-order valence-corrected chi connectivity index (χ0v) is 13.6. The fourth-order valence-electron chi connectivity index (χ4n) is 5.73. The second-order valence-corrected chi connectivity index (χ2v) is 8.02. The number of carbonyl (C=O) groups excluding carboxylic acids is 1. The predicted octanol–water partition coefficient (Wildman–Crippen LogP) is 3.94. The fraction of sp³-hybridized carbons (Fsp3) is 0.667. The number of alkyl halides is 1. The maximum Gasteiger partial charge on any atom is 0.256 e. The van der Waals surface area contributed by atoms with Crippen LogP contribution in [0.1, 0.15) is 48.9 Å². The van der Waals surface area contributed by atoms with Crippen LogP contribution in [-0.2, 0) is 0 Å². The van der Waals surface area contributed by atoms with Crippen molar-refractivity contribution in [2.75, 3.05) is 12.5 Å². The molecule has 5 rings (SSSR count). The van der Waals surface area contributed by atoms with Gasteiger partial charge in [0.15, 0.2) is 0 Å². The van der Waals surface area contributed by atoms with E-state index in [1.807, 2.05) is 17.0 Å². The Morgan fingerprint density at radius 2 is 1.86 bits per heavy atom. The van der Waals surface area contributed by atoms with Crippen LogP contribution in [-0.4, -0.2) is 28.3 Å². The van der Waals surface area contributed by atoms with Gasteiger partial charge in [0.1, 0.15) is 0 Å². The summed E-state index contributed by atoms with van der Waals surface area (Å²) in [6.45, 7) is 0.827. The quantitative estimate of drug-likeness (QED) is 0.622. The molecule has 0 unspecified atom stereocenters. The zero-order valence-electron chi connectivity index (χ0n) is 12.9. The van der Waals surface area contributed by atoms with Gasteiger partial charge in [0.2, 0.25) is 0 Å². The summed E-state index contributed by atoms with van der Waals surface area (Å²) in [4.78, 5) is 18.6. The van der Waals surface area contributed by atoms with Gasteiger partial charge >= 0.3 is 0 Å². The monoisotopic (exact) mass is 318 g/mol. The van der Waals surface area contributed by atoms with Gasteiger partial charge in [-0.05, 0) is 73.8 Å². The van der Waals surface area contributed by atoms with E-state index in [1.165, 1.54) is 38.5 Å². The van der Waals surface area contributed by atoms with Gasteiger partial charge in [-0.15, -0.1) is 11.6 Å². The highest BCUT2D eigenvalue weighted by molar-refractivity contribution is 6.19. The summed E-state index contributed by atoms with van der Waals surface area (Å²) < 4.78 is 0. The van der Waals surface area contributed by atoms with Gasteiger partial charge < -0.3 is 4.90 Å². The van der Waals surface area contributed by atoms with Crippen LogP contribution in [0, 0.1) is 23.2 Å². The maximum absolute atomic E-state index is 12.7. The van der Waals surface area contributed by atoms with E-state index in [1.54, 1.807) is 12.4 Å². The standard InChI is InChI=1S/C18H23ClN2O/c19-12-21(17(22)16-2-1-3-20-10-16)11-18-7-13-4-14(8-18)6-15(5-13)9-18/h1-3,10,13-15H,4-9,11-12H2. The van der Waals surface area contributed by atoms with Crippen molar-refractivity contribution in [1.82, 2.24) is 9.88 Å². The Bertz CT molecular complexity index is 524. The van der Waals surface area contributed by atoms with E-state index in [0.717, 1.165) is 24.3 Å². The fourth-order valence-corrected chi connectivity index (χ4v) is 5.92. The first-order chi connectivity index (χ1) is 10.7. The summed E-state index contributed by atoms with van der Waals surface area (Å²) >= 11 is 6.14. The third kappa shape index (κ3) is 2.54. The summed E-state index contributed by atoms with van der Waals surface area (Å²) in [5.41, 5.74) is 0.981. The van der Waals surface area contributed by atoms with Gasteiger partial charge in [-0.3, -0.25) is 9.78 Å². The van der Waals surface area contributed by atoms with Crippen molar-refractivity contribution in [3.8, 4) is 0 Å². The van der Waals surface area contributed by atoms with E-state index in [9.17, 15) is 4.79 Å². The van der Waals surface area contributed by atoms with Crippen molar-refractivity contribution in [1.29, 1.82) is 0 Å². The molecule has 0 radical (unpaired) electrons. The molecule has 4 aliphatic rings. The molecule has 0 N–H and O–H groups in total. The maximum atomic E-state index is 12.7. The van der Waals surface area contributed by atoms with E-state index in [0.29, 0.717) is 11.0 Å². The SMILES string of the molecule is O=C(c1cccnc1)N(CCl)CC12CC3CC(CC(C3)C1)C2. The van der Waals surface area contributed by atoms with Crippen LogP contribution in [0.2, 0.25) is 0 Å². The lowest BCUT2D eigenvalue weighted by Gasteiger charge is -2.57.